The summed E-state index contributed by atoms with van der Waals surface area (Å²) in [4.78, 5) is 4.72. The number of pyridine rings is 1. The Hall–Kier alpha value is -5.16. The van der Waals surface area contributed by atoms with Gasteiger partial charge in [-0.1, -0.05) is 55.8 Å². The van der Waals surface area contributed by atoms with Crippen molar-refractivity contribution < 1.29 is 4.74 Å². The lowest BCUT2D eigenvalue weighted by Gasteiger charge is -2.14. The molecule has 0 unspecified atom stereocenters. The van der Waals surface area contributed by atoms with E-state index in [1.807, 2.05) is 24.4 Å². The van der Waals surface area contributed by atoms with E-state index in [1.165, 1.54) is 44.3 Å². The quantitative estimate of drug-likeness (QED) is 0.190. The van der Waals surface area contributed by atoms with Crippen LogP contribution in [0.4, 0.5) is 0 Å². The second-order valence-corrected chi connectivity index (χ2v) is 11.7. The van der Waals surface area contributed by atoms with Gasteiger partial charge in [0.05, 0.1) is 28.1 Å². The van der Waals surface area contributed by atoms with E-state index in [1.54, 1.807) is 0 Å². The van der Waals surface area contributed by atoms with Gasteiger partial charge in [0.15, 0.2) is 0 Å². The van der Waals surface area contributed by atoms with Gasteiger partial charge < -0.3 is 4.74 Å². The normalized spacial score (nSPS) is 11.5. The molecule has 44 heavy (non-hydrogen) atoms. The molecule has 0 aliphatic heterocycles. The highest BCUT2D eigenvalue weighted by Crippen LogP contribution is 2.37. The van der Waals surface area contributed by atoms with Gasteiger partial charge in [-0.05, 0) is 98.8 Å². The van der Waals surface area contributed by atoms with Crippen LogP contribution < -0.4 is 4.74 Å². The van der Waals surface area contributed by atoms with E-state index in [0.717, 1.165) is 52.6 Å². The minimum atomic E-state index is 0.766. The number of fused-ring (bicyclic) bond motifs is 3. The van der Waals surface area contributed by atoms with E-state index in [4.69, 9.17) is 14.8 Å². The van der Waals surface area contributed by atoms with Crippen LogP contribution in [0.1, 0.15) is 41.4 Å². The molecule has 0 atom stereocenters. The van der Waals surface area contributed by atoms with E-state index < -0.39 is 0 Å². The Bertz CT molecular complexity index is 2150. The summed E-state index contributed by atoms with van der Waals surface area (Å²) < 4.78 is 10.9. The van der Waals surface area contributed by atoms with Crippen LogP contribution in [0.5, 0.6) is 11.5 Å². The molecule has 5 nitrogen and oxygen atoms in total. The number of nitrogens with zero attached hydrogens (tertiary/aromatic N) is 4. The molecule has 7 aromatic rings. The number of hydrogen-bond acceptors (Lipinski definition) is 3. The molecule has 4 aromatic carbocycles. The van der Waals surface area contributed by atoms with E-state index >= 15 is 0 Å². The lowest BCUT2D eigenvalue weighted by Crippen LogP contribution is -2.03. The topological polar surface area (TPSA) is 44.9 Å². The second-order valence-electron chi connectivity index (χ2n) is 11.7. The molecule has 0 radical (unpaired) electrons. The van der Waals surface area contributed by atoms with Crippen molar-refractivity contribution in [1.29, 1.82) is 0 Å². The SMILES string of the molecule is CCCc1c(-c2c(C)cccc2C)c(C)nn1-c1cccc(Oc2ccc3c4ccccc4n(-c4cc(C)ccn4)c3c2)c1. The molecule has 0 aliphatic carbocycles. The first-order valence-corrected chi connectivity index (χ1v) is 15.3. The minimum Gasteiger partial charge on any atom is -0.457 e. The minimum absolute atomic E-state index is 0.766. The molecule has 3 aromatic heterocycles. The predicted octanol–water partition coefficient (Wildman–Crippen LogP) is 10.0. The average molecular weight is 577 g/mol. The van der Waals surface area contributed by atoms with Crippen molar-refractivity contribution in [1.82, 2.24) is 19.3 Å². The third kappa shape index (κ3) is 4.75. The van der Waals surface area contributed by atoms with Crippen molar-refractivity contribution in [2.24, 2.45) is 0 Å². The Morgan fingerprint density at radius 3 is 2.23 bits per heavy atom. The van der Waals surface area contributed by atoms with Crippen LogP contribution >= 0.6 is 0 Å². The zero-order valence-electron chi connectivity index (χ0n) is 25.9. The molecule has 0 bridgehead atoms. The highest BCUT2D eigenvalue weighted by molar-refractivity contribution is 6.09. The van der Waals surface area contributed by atoms with Gasteiger partial charge in [0.25, 0.3) is 0 Å². The zero-order chi connectivity index (χ0) is 30.4. The molecule has 0 aliphatic rings. The maximum absolute atomic E-state index is 6.54. The molecule has 0 N–H and O–H groups in total. The smallest absolute Gasteiger partial charge is 0.137 e. The Balaban J connectivity index is 1.31. The van der Waals surface area contributed by atoms with Crippen LogP contribution in [0.2, 0.25) is 0 Å². The van der Waals surface area contributed by atoms with Gasteiger partial charge in [-0.2, -0.15) is 5.10 Å². The van der Waals surface area contributed by atoms with Crippen LogP contribution in [-0.4, -0.2) is 19.3 Å². The summed E-state index contributed by atoms with van der Waals surface area (Å²) in [6.45, 7) is 10.8. The van der Waals surface area contributed by atoms with Gasteiger partial charge in [0, 0.05) is 34.7 Å². The lowest BCUT2D eigenvalue weighted by molar-refractivity contribution is 0.482. The number of hydrogen-bond donors (Lipinski definition) is 0. The molecule has 0 fully saturated rings. The third-order valence-electron chi connectivity index (χ3n) is 8.45. The van der Waals surface area contributed by atoms with Gasteiger partial charge in [0.1, 0.15) is 17.3 Å². The van der Waals surface area contributed by atoms with Crippen LogP contribution in [0, 0.1) is 27.7 Å². The molecule has 0 saturated carbocycles. The summed E-state index contributed by atoms with van der Waals surface area (Å²) in [6.07, 6.45) is 3.83. The zero-order valence-corrected chi connectivity index (χ0v) is 25.9. The highest BCUT2D eigenvalue weighted by Gasteiger charge is 2.21. The van der Waals surface area contributed by atoms with E-state index in [2.05, 4.69) is 123 Å². The number of ether oxygens (including phenoxy) is 1. The summed E-state index contributed by atoms with van der Waals surface area (Å²) in [6, 6.07) is 33.7. The first-order valence-electron chi connectivity index (χ1n) is 15.3. The first-order chi connectivity index (χ1) is 21.4. The van der Waals surface area contributed by atoms with E-state index in [-0.39, 0.29) is 0 Å². The van der Waals surface area contributed by atoms with Crippen molar-refractivity contribution in [3.05, 3.63) is 131 Å². The largest absolute Gasteiger partial charge is 0.457 e. The molecule has 0 saturated heterocycles. The molecular weight excluding hydrogens is 540 g/mol. The van der Waals surface area contributed by atoms with E-state index in [0.29, 0.717) is 0 Å². The molecule has 218 valence electrons. The van der Waals surface area contributed by atoms with Crippen LogP contribution in [0.3, 0.4) is 0 Å². The molecule has 0 amide bonds. The third-order valence-corrected chi connectivity index (χ3v) is 8.45. The number of benzene rings is 4. The summed E-state index contributed by atoms with van der Waals surface area (Å²) in [5.41, 5.74) is 11.7. The molecular formula is C39H36N4O. The van der Waals surface area contributed by atoms with Gasteiger partial charge in [-0.3, -0.25) is 4.57 Å². The Labute approximate surface area is 258 Å². The van der Waals surface area contributed by atoms with E-state index in [9.17, 15) is 0 Å². The number of aryl methyl sites for hydroxylation is 4. The number of aromatic nitrogens is 4. The first kappa shape index (κ1) is 27.7. The fourth-order valence-corrected chi connectivity index (χ4v) is 6.51. The maximum Gasteiger partial charge on any atom is 0.137 e. The monoisotopic (exact) mass is 576 g/mol. The standard InChI is InChI=1S/C39H36N4O/c1-6-11-35-39(38-26(3)12-9-13-27(38)4)28(5)41-43(35)29-14-10-15-30(23-29)44-31-18-19-33-32-16-7-8-17-34(32)42(36(33)24-31)37-22-25(2)20-21-40-37/h7-10,12-24H,6,11H2,1-5H3. The Kier molecular flexibility index (Phi) is 7.01. The van der Waals surface area contributed by atoms with Gasteiger partial charge in [0.2, 0.25) is 0 Å². The van der Waals surface area contributed by atoms with Gasteiger partial charge in [-0.25, -0.2) is 9.67 Å². The number of rotatable bonds is 7. The van der Waals surface area contributed by atoms with Crippen molar-refractivity contribution in [3.63, 3.8) is 0 Å². The maximum atomic E-state index is 6.54. The fourth-order valence-electron chi connectivity index (χ4n) is 6.51. The van der Waals surface area contributed by atoms with Crippen molar-refractivity contribution in [2.75, 3.05) is 0 Å². The van der Waals surface area contributed by atoms with Crippen molar-refractivity contribution in [3.8, 4) is 34.1 Å². The summed E-state index contributed by atoms with van der Waals surface area (Å²) in [7, 11) is 0. The highest BCUT2D eigenvalue weighted by atomic mass is 16.5. The molecule has 5 heteroatoms. The fraction of sp³-hybridized carbons (Fsp3) is 0.179. The predicted molar refractivity (Wildman–Crippen MR) is 181 cm³/mol. The van der Waals surface area contributed by atoms with Crippen LogP contribution in [0.15, 0.2) is 103 Å². The number of para-hydroxylation sites is 1. The Morgan fingerprint density at radius 1 is 0.682 bits per heavy atom. The summed E-state index contributed by atoms with van der Waals surface area (Å²) in [5, 5.41) is 7.43. The molecule has 3 heterocycles. The second kappa shape index (κ2) is 11.2. The summed E-state index contributed by atoms with van der Waals surface area (Å²) >= 11 is 0. The Morgan fingerprint density at radius 2 is 1.43 bits per heavy atom. The molecule has 7 rings (SSSR count). The summed E-state index contributed by atoms with van der Waals surface area (Å²) in [5.74, 6) is 2.43. The van der Waals surface area contributed by atoms with Gasteiger partial charge in [-0.15, -0.1) is 0 Å². The van der Waals surface area contributed by atoms with Crippen molar-refractivity contribution >= 4 is 21.8 Å². The lowest BCUT2D eigenvalue weighted by atomic mass is 9.93. The average Bonchev–Trinajstić information content (AvgIpc) is 3.51. The van der Waals surface area contributed by atoms with Crippen molar-refractivity contribution in [2.45, 2.75) is 47.5 Å². The van der Waals surface area contributed by atoms with Crippen LogP contribution in [-0.2, 0) is 6.42 Å². The molecule has 0 spiro atoms. The van der Waals surface area contributed by atoms with Gasteiger partial charge >= 0.3 is 0 Å². The van der Waals surface area contributed by atoms with Crippen LogP contribution in [0.25, 0.3) is 44.4 Å².